The third kappa shape index (κ3) is 1.81. The van der Waals surface area contributed by atoms with E-state index in [0.717, 1.165) is 4.02 Å². The Balaban J connectivity index is 3.01. The Bertz CT molecular complexity index is 278. The summed E-state index contributed by atoms with van der Waals surface area (Å²) in [5.41, 5.74) is 0.609. The van der Waals surface area contributed by atoms with Crippen LogP contribution in [0.25, 0.3) is 0 Å². The van der Waals surface area contributed by atoms with E-state index in [-0.39, 0.29) is 5.91 Å². The van der Waals surface area contributed by atoms with Gasteiger partial charge < -0.3 is 0 Å². The molecule has 0 saturated carbocycles. The van der Waals surface area contributed by atoms with E-state index in [1.807, 2.05) is 0 Å². The fraction of sp³-hybridized carbons (Fsp3) is 0. The summed E-state index contributed by atoms with van der Waals surface area (Å²) in [4.78, 5) is 15.0. The number of carbonyl (C=O) groups excluding carboxylic acids is 1. The molecule has 11 heavy (non-hydrogen) atoms. The molecule has 1 N–H and O–H groups in total. The summed E-state index contributed by atoms with van der Waals surface area (Å²) in [6.07, 6.45) is 4.65. The van der Waals surface area contributed by atoms with Crippen LogP contribution >= 0.6 is 0 Å². The van der Waals surface area contributed by atoms with Crippen LogP contribution in [0.1, 0.15) is 0 Å². The van der Waals surface area contributed by atoms with Gasteiger partial charge >= 0.3 is 75.0 Å². The summed E-state index contributed by atoms with van der Waals surface area (Å²) in [7, 11) is 0. The molecule has 0 radical (unpaired) electrons. The molecule has 0 saturated heterocycles. The summed E-state index contributed by atoms with van der Waals surface area (Å²) in [5, 5.41) is 2.49. The van der Waals surface area contributed by atoms with Gasteiger partial charge in [0.15, 0.2) is 0 Å². The molecule has 1 amide bonds. The maximum atomic E-state index is 11.1. The zero-order chi connectivity index (χ0) is 8.27. The van der Waals surface area contributed by atoms with E-state index in [0.29, 0.717) is 5.57 Å². The normalized spacial score (nSPS) is 20.2. The first-order valence-corrected chi connectivity index (χ1v) is 4.43. The van der Waals surface area contributed by atoms with Crippen molar-refractivity contribution in [2.24, 2.45) is 4.99 Å². The van der Waals surface area contributed by atoms with Crippen LogP contribution in [0.15, 0.2) is 29.3 Å². The third-order valence-corrected chi connectivity index (χ3v) is 2.31. The number of carbonyl (C=O) groups is 1. The number of rotatable bonds is 1. The van der Waals surface area contributed by atoms with Gasteiger partial charge in [0, 0.05) is 0 Å². The summed E-state index contributed by atoms with van der Waals surface area (Å²) >= 11 is 1.18. The van der Waals surface area contributed by atoms with E-state index >= 15 is 0 Å². The van der Waals surface area contributed by atoms with E-state index in [4.69, 9.17) is 0 Å². The van der Waals surface area contributed by atoms with Crippen LogP contribution < -0.4 is 5.32 Å². The molecule has 0 unspecified atom stereocenters. The standard InChI is InChI=1S/C7H6N2O.W/c1-2-3-6-4-8-5-9-7(6)10;/h2-3,5H,1H2,(H,9,10);/b6-3+;. The molecule has 0 spiro atoms. The molecule has 0 aromatic carbocycles. The van der Waals surface area contributed by atoms with Crippen LogP contribution in [0.3, 0.4) is 0 Å². The van der Waals surface area contributed by atoms with Gasteiger partial charge in [-0.2, -0.15) is 0 Å². The number of hydrogen-bond acceptors (Lipinski definition) is 2. The van der Waals surface area contributed by atoms with Gasteiger partial charge in [-0.25, -0.2) is 0 Å². The van der Waals surface area contributed by atoms with E-state index in [1.165, 1.54) is 25.7 Å². The van der Waals surface area contributed by atoms with Crippen molar-refractivity contribution >= 4 is 16.3 Å². The van der Waals surface area contributed by atoms with Crippen molar-refractivity contribution in [3.63, 3.8) is 0 Å². The van der Waals surface area contributed by atoms with E-state index in [9.17, 15) is 4.79 Å². The quantitative estimate of drug-likeness (QED) is 0.676. The molecule has 1 heterocycles. The minimum atomic E-state index is -0.107. The van der Waals surface area contributed by atoms with Crippen molar-refractivity contribution in [3.8, 4) is 0 Å². The van der Waals surface area contributed by atoms with Gasteiger partial charge in [0.1, 0.15) is 0 Å². The predicted octanol–water partition coefficient (Wildman–Crippen LogP) is -0.0664. The molecule has 4 heteroatoms. The number of nitrogens with zero attached hydrogens (tertiary/aromatic N) is 1. The second-order valence-corrected chi connectivity index (χ2v) is 3.24. The van der Waals surface area contributed by atoms with Crippen LogP contribution in [0.4, 0.5) is 0 Å². The van der Waals surface area contributed by atoms with Crippen molar-refractivity contribution in [1.29, 1.82) is 0 Å². The Kier molecular flexibility index (Phi) is 2.66. The van der Waals surface area contributed by atoms with Crippen molar-refractivity contribution in [2.75, 3.05) is 0 Å². The minimum absolute atomic E-state index is 0.107. The SMILES string of the molecule is C=C/C=C1/C(=O)NC=N[C]1=[W]. The van der Waals surface area contributed by atoms with Crippen molar-refractivity contribution in [1.82, 2.24) is 5.32 Å². The maximum absolute atomic E-state index is 11.1. The topological polar surface area (TPSA) is 41.5 Å². The number of amides is 1. The van der Waals surface area contributed by atoms with Crippen molar-refractivity contribution in [2.45, 2.75) is 0 Å². The second-order valence-electron chi connectivity index (χ2n) is 1.85. The molecular weight excluding hydrogens is 312 g/mol. The van der Waals surface area contributed by atoms with Gasteiger partial charge in [-0.1, -0.05) is 0 Å². The van der Waals surface area contributed by atoms with E-state index in [1.54, 1.807) is 12.2 Å². The van der Waals surface area contributed by atoms with Gasteiger partial charge in [0.25, 0.3) is 0 Å². The number of aliphatic imine (C=N–C) groups is 1. The number of hydrogen-bond donors (Lipinski definition) is 1. The average Bonchev–Trinajstić information content (AvgIpc) is 1.97. The molecule has 56 valence electrons. The molecule has 0 bridgehead atoms. The zero-order valence-corrected chi connectivity index (χ0v) is 8.64. The molecule has 3 nitrogen and oxygen atoms in total. The van der Waals surface area contributed by atoms with E-state index < -0.39 is 0 Å². The second kappa shape index (κ2) is 3.53. The molecule has 0 aromatic heterocycles. The van der Waals surface area contributed by atoms with Crippen molar-refractivity contribution in [3.05, 3.63) is 24.3 Å². The van der Waals surface area contributed by atoms with Gasteiger partial charge in [0.05, 0.1) is 0 Å². The summed E-state index contributed by atoms with van der Waals surface area (Å²) < 4.78 is 0.800. The van der Waals surface area contributed by atoms with Crippen molar-refractivity contribution < 1.29 is 24.1 Å². The molecule has 0 aromatic rings. The molecule has 0 aliphatic carbocycles. The molecule has 0 atom stereocenters. The Labute approximate surface area is 75.3 Å². The first kappa shape index (κ1) is 8.28. The number of allylic oxidation sites excluding steroid dienone is 2. The Morgan fingerprint density at radius 2 is 2.45 bits per heavy atom. The van der Waals surface area contributed by atoms with Gasteiger partial charge in [0.2, 0.25) is 0 Å². The van der Waals surface area contributed by atoms with Gasteiger partial charge in [-0.15, -0.1) is 0 Å². The van der Waals surface area contributed by atoms with Crippen LogP contribution in [0.2, 0.25) is 0 Å². The Morgan fingerprint density at radius 1 is 1.73 bits per heavy atom. The predicted molar refractivity (Wildman–Crippen MR) is 39.9 cm³/mol. The van der Waals surface area contributed by atoms with Gasteiger partial charge in [-0.05, 0) is 0 Å². The number of nitrogens with one attached hydrogen (secondary N) is 1. The monoisotopic (exact) mass is 318 g/mol. The molecule has 0 fully saturated rings. The summed E-state index contributed by atoms with van der Waals surface area (Å²) in [6.45, 7) is 3.51. The Morgan fingerprint density at radius 3 is 3.00 bits per heavy atom. The summed E-state index contributed by atoms with van der Waals surface area (Å²) in [5.74, 6) is -0.107. The molecule has 1 aliphatic heterocycles. The Hall–Kier alpha value is -0.822. The first-order chi connectivity index (χ1) is 5.25. The van der Waals surface area contributed by atoms with Crippen LogP contribution in [0.5, 0.6) is 0 Å². The van der Waals surface area contributed by atoms with Crippen LogP contribution in [0, 0.1) is 0 Å². The molecular formula is C7H6N2OW. The molecule has 1 aliphatic rings. The fourth-order valence-corrected chi connectivity index (χ4v) is 1.43. The fourth-order valence-electron chi connectivity index (χ4n) is 0.659. The zero-order valence-electron chi connectivity index (χ0n) is 5.70. The third-order valence-electron chi connectivity index (χ3n) is 1.14. The van der Waals surface area contributed by atoms with Crippen LogP contribution in [-0.4, -0.2) is 16.3 Å². The summed E-state index contributed by atoms with van der Waals surface area (Å²) in [6, 6.07) is 0. The molecule has 1 rings (SSSR count). The average molecular weight is 318 g/mol. The van der Waals surface area contributed by atoms with E-state index in [2.05, 4.69) is 16.9 Å². The van der Waals surface area contributed by atoms with Gasteiger partial charge in [-0.3, -0.25) is 0 Å². The van der Waals surface area contributed by atoms with Crippen LogP contribution in [-0.2, 0) is 24.1 Å². The first-order valence-electron chi connectivity index (χ1n) is 2.96.